The lowest BCUT2D eigenvalue weighted by atomic mass is 9.98. The van der Waals surface area contributed by atoms with Crippen molar-refractivity contribution in [1.82, 2.24) is 14.3 Å². The van der Waals surface area contributed by atoms with Gasteiger partial charge in [-0.25, -0.2) is 0 Å². The van der Waals surface area contributed by atoms with Gasteiger partial charge in [0.15, 0.2) is 0 Å². The Labute approximate surface area is 97.8 Å². The van der Waals surface area contributed by atoms with Crippen molar-refractivity contribution >= 4 is 10.2 Å². The quantitative estimate of drug-likeness (QED) is 0.714. The molecule has 0 radical (unpaired) electrons. The van der Waals surface area contributed by atoms with Gasteiger partial charge in [0, 0.05) is 19.1 Å². The van der Waals surface area contributed by atoms with E-state index in [9.17, 15) is 8.42 Å². The zero-order valence-electron chi connectivity index (χ0n) is 9.78. The van der Waals surface area contributed by atoms with E-state index in [0.717, 1.165) is 32.2 Å². The van der Waals surface area contributed by atoms with Gasteiger partial charge in [0.05, 0.1) is 0 Å². The number of nitrogens with one attached hydrogen (secondary N) is 2. The molecule has 0 aromatic rings. The Morgan fingerprint density at radius 3 is 2.31 bits per heavy atom. The first kappa shape index (κ1) is 12.3. The summed E-state index contributed by atoms with van der Waals surface area (Å²) in [5.74, 6) is 0.623. The number of piperidine rings is 1. The van der Waals surface area contributed by atoms with Gasteiger partial charge >= 0.3 is 0 Å². The maximum Gasteiger partial charge on any atom is 0.279 e. The highest BCUT2D eigenvalue weighted by molar-refractivity contribution is 7.87. The molecule has 6 heteroatoms. The van der Waals surface area contributed by atoms with Crippen LogP contribution in [0.1, 0.15) is 25.7 Å². The molecular formula is C10H21N3O2S. The van der Waals surface area contributed by atoms with Gasteiger partial charge in [-0.15, -0.1) is 0 Å². The van der Waals surface area contributed by atoms with E-state index in [0.29, 0.717) is 19.0 Å². The molecule has 1 heterocycles. The Morgan fingerprint density at radius 1 is 1.19 bits per heavy atom. The Balaban J connectivity index is 1.82. The van der Waals surface area contributed by atoms with Crippen molar-refractivity contribution in [2.24, 2.45) is 5.92 Å². The lowest BCUT2D eigenvalue weighted by Gasteiger charge is -2.31. The standard InChI is InChI=1S/C10H21N3O2S/c1-11-8-9-4-6-13(7-5-9)16(14,15)12-10-2-3-10/h9-12H,2-8H2,1H3. The molecule has 0 unspecified atom stereocenters. The number of rotatable bonds is 5. The van der Waals surface area contributed by atoms with E-state index in [-0.39, 0.29) is 6.04 Å². The molecule has 2 N–H and O–H groups in total. The molecule has 2 rings (SSSR count). The molecule has 2 aliphatic rings. The highest BCUT2D eigenvalue weighted by Gasteiger charge is 2.32. The van der Waals surface area contributed by atoms with Crippen molar-refractivity contribution in [2.75, 3.05) is 26.7 Å². The maximum atomic E-state index is 11.9. The van der Waals surface area contributed by atoms with Crippen LogP contribution in [0.4, 0.5) is 0 Å². The molecule has 94 valence electrons. The average Bonchev–Trinajstić information content (AvgIpc) is 3.02. The minimum atomic E-state index is -3.20. The normalized spacial score (nSPS) is 24.8. The van der Waals surface area contributed by atoms with Crippen LogP contribution in [0.2, 0.25) is 0 Å². The lowest BCUT2D eigenvalue weighted by molar-refractivity contribution is 0.268. The average molecular weight is 247 g/mol. The molecule has 1 aliphatic heterocycles. The van der Waals surface area contributed by atoms with E-state index in [1.807, 2.05) is 7.05 Å². The summed E-state index contributed by atoms with van der Waals surface area (Å²) in [5.41, 5.74) is 0. The molecule has 1 aliphatic carbocycles. The van der Waals surface area contributed by atoms with E-state index in [1.165, 1.54) is 0 Å². The summed E-state index contributed by atoms with van der Waals surface area (Å²) >= 11 is 0. The predicted molar refractivity (Wildman–Crippen MR) is 63.3 cm³/mol. The van der Waals surface area contributed by atoms with Crippen LogP contribution in [-0.4, -0.2) is 45.4 Å². The molecular weight excluding hydrogens is 226 g/mol. The summed E-state index contributed by atoms with van der Waals surface area (Å²) in [6.07, 6.45) is 3.92. The van der Waals surface area contributed by atoms with Gasteiger partial charge in [-0.3, -0.25) is 0 Å². The molecule has 0 aromatic carbocycles. The van der Waals surface area contributed by atoms with Gasteiger partial charge in [0.25, 0.3) is 10.2 Å². The molecule has 0 atom stereocenters. The van der Waals surface area contributed by atoms with E-state index < -0.39 is 10.2 Å². The minimum absolute atomic E-state index is 0.208. The highest BCUT2D eigenvalue weighted by atomic mass is 32.2. The fraction of sp³-hybridized carbons (Fsp3) is 1.00. The van der Waals surface area contributed by atoms with Crippen molar-refractivity contribution in [2.45, 2.75) is 31.7 Å². The molecule has 1 saturated heterocycles. The van der Waals surface area contributed by atoms with Gasteiger partial charge in [-0.1, -0.05) is 0 Å². The Hall–Kier alpha value is -0.170. The summed E-state index contributed by atoms with van der Waals surface area (Å²) in [5, 5.41) is 3.15. The fourth-order valence-corrected chi connectivity index (χ4v) is 3.63. The highest BCUT2D eigenvalue weighted by Crippen LogP contribution is 2.23. The summed E-state index contributed by atoms with van der Waals surface area (Å²) in [4.78, 5) is 0. The second kappa shape index (κ2) is 5.00. The van der Waals surface area contributed by atoms with E-state index in [1.54, 1.807) is 4.31 Å². The third kappa shape index (κ3) is 3.16. The third-order valence-corrected chi connectivity index (χ3v) is 4.98. The summed E-state index contributed by atoms with van der Waals surface area (Å²) in [6.45, 7) is 2.31. The predicted octanol–water partition coefficient (Wildman–Crippen LogP) is -0.0854. The maximum absolute atomic E-state index is 11.9. The number of hydrogen-bond donors (Lipinski definition) is 2. The number of hydrogen-bond acceptors (Lipinski definition) is 3. The van der Waals surface area contributed by atoms with Gasteiger partial charge in [-0.2, -0.15) is 17.4 Å². The minimum Gasteiger partial charge on any atom is -0.319 e. The first-order valence-corrected chi connectivity index (χ1v) is 7.48. The van der Waals surface area contributed by atoms with Crippen LogP contribution in [-0.2, 0) is 10.2 Å². The van der Waals surface area contributed by atoms with Gasteiger partial charge in [0.1, 0.15) is 0 Å². The SMILES string of the molecule is CNCC1CCN(S(=O)(=O)NC2CC2)CC1. The lowest BCUT2D eigenvalue weighted by Crippen LogP contribution is -2.46. The monoisotopic (exact) mass is 247 g/mol. The molecule has 2 fully saturated rings. The van der Waals surface area contributed by atoms with Crippen molar-refractivity contribution in [3.05, 3.63) is 0 Å². The molecule has 16 heavy (non-hydrogen) atoms. The summed E-state index contributed by atoms with van der Waals surface area (Å²) in [7, 11) is -1.25. The Kier molecular flexibility index (Phi) is 3.84. The van der Waals surface area contributed by atoms with Crippen LogP contribution in [0.15, 0.2) is 0 Å². The van der Waals surface area contributed by atoms with Crippen LogP contribution in [0.3, 0.4) is 0 Å². The molecule has 0 spiro atoms. The van der Waals surface area contributed by atoms with Crippen LogP contribution >= 0.6 is 0 Å². The second-order valence-electron chi connectivity index (χ2n) is 4.80. The topological polar surface area (TPSA) is 61.4 Å². The van der Waals surface area contributed by atoms with Crippen molar-refractivity contribution < 1.29 is 8.42 Å². The zero-order chi connectivity index (χ0) is 11.6. The zero-order valence-corrected chi connectivity index (χ0v) is 10.6. The molecule has 0 bridgehead atoms. The fourth-order valence-electron chi connectivity index (χ4n) is 2.13. The summed E-state index contributed by atoms with van der Waals surface area (Å²) in [6, 6.07) is 0.208. The largest absolute Gasteiger partial charge is 0.319 e. The smallest absolute Gasteiger partial charge is 0.279 e. The van der Waals surface area contributed by atoms with E-state index in [2.05, 4.69) is 10.0 Å². The van der Waals surface area contributed by atoms with Crippen molar-refractivity contribution in [3.8, 4) is 0 Å². The van der Waals surface area contributed by atoms with Gasteiger partial charge in [-0.05, 0) is 45.2 Å². The molecule has 0 amide bonds. The van der Waals surface area contributed by atoms with Gasteiger partial charge < -0.3 is 5.32 Å². The van der Waals surface area contributed by atoms with Crippen molar-refractivity contribution in [3.63, 3.8) is 0 Å². The van der Waals surface area contributed by atoms with E-state index in [4.69, 9.17) is 0 Å². The first-order valence-electron chi connectivity index (χ1n) is 6.04. The van der Waals surface area contributed by atoms with Gasteiger partial charge in [0.2, 0.25) is 0 Å². The van der Waals surface area contributed by atoms with Crippen LogP contribution in [0.5, 0.6) is 0 Å². The Bertz CT molecular complexity index is 319. The van der Waals surface area contributed by atoms with Crippen LogP contribution in [0.25, 0.3) is 0 Å². The molecule has 5 nitrogen and oxygen atoms in total. The number of nitrogens with zero attached hydrogens (tertiary/aromatic N) is 1. The summed E-state index contributed by atoms with van der Waals surface area (Å²) < 4.78 is 28.1. The van der Waals surface area contributed by atoms with Crippen molar-refractivity contribution in [1.29, 1.82) is 0 Å². The van der Waals surface area contributed by atoms with Crippen LogP contribution < -0.4 is 10.0 Å². The third-order valence-electron chi connectivity index (χ3n) is 3.30. The van der Waals surface area contributed by atoms with Crippen LogP contribution in [0, 0.1) is 5.92 Å². The Morgan fingerprint density at radius 2 is 1.81 bits per heavy atom. The van der Waals surface area contributed by atoms with E-state index >= 15 is 0 Å². The molecule has 0 aromatic heterocycles. The second-order valence-corrected chi connectivity index (χ2v) is 6.50. The molecule has 1 saturated carbocycles. The first-order chi connectivity index (χ1) is 7.62.